The van der Waals surface area contributed by atoms with Crippen molar-refractivity contribution in [2.24, 2.45) is 5.92 Å². The standard InChI is InChI=1S/C16H32N2O3/c1-5-21-15(20)9-14(19)11-17-12-16(18(3)4)8-6-7-13(2)10-16/h13-14,17,19H,5-12H2,1-4H3. The lowest BCUT2D eigenvalue weighted by atomic mass is 9.75. The lowest BCUT2D eigenvalue weighted by Crippen LogP contribution is -2.55. The lowest BCUT2D eigenvalue weighted by molar-refractivity contribution is -0.145. The molecule has 0 aromatic heterocycles. The SMILES string of the molecule is CCOC(=O)CC(O)CNCC1(N(C)C)CCCC(C)C1. The Labute approximate surface area is 129 Å². The lowest BCUT2D eigenvalue weighted by Gasteiger charge is -2.45. The molecule has 3 unspecified atom stereocenters. The Morgan fingerprint density at radius 1 is 1.52 bits per heavy atom. The quantitative estimate of drug-likeness (QED) is 0.664. The molecule has 1 aliphatic carbocycles. The van der Waals surface area contributed by atoms with Gasteiger partial charge < -0.3 is 20.1 Å². The molecular weight excluding hydrogens is 268 g/mol. The van der Waals surface area contributed by atoms with Crippen LogP contribution < -0.4 is 5.32 Å². The zero-order valence-electron chi connectivity index (χ0n) is 14.0. The van der Waals surface area contributed by atoms with E-state index in [9.17, 15) is 9.90 Å². The van der Waals surface area contributed by atoms with Gasteiger partial charge in [-0.3, -0.25) is 4.79 Å². The van der Waals surface area contributed by atoms with E-state index in [0.717, 1.165) is 12.5 Å². The number of esters is 1. The van der Waals surface area contributed by atoms with Gasteiger partial charge in [0.25, 0.3) is 0 Å². The van der Waals surface area contributed by atoms with Crippen LogP contribution in [0.4, 0.5) is 0 Å². The van der Waals surface area contributed by atoms with Gasteiger partial charge in [-0.05, 0) is 39.8 Å². The van der Waals surface area contributed by atoms with Crippen LogP contribution in [0.2, 0.25) is 0 Å². The molecule has 0 heterocycles. The van der Waals surface area contributed by atoms with Crippen molar-refractivity contribution < 1.29 is 14.6 Å². The number of hydrogen-bond acceptors (Lipinski definition) is 5. The van der Waals surface area contributed by atoms with Gasteiger partial charge in [0.2, 0.25) is 0 Å². The number of rotatable bonds is 8. The summed E-state index contributed by atoms with van der Waals surface area (Å²) in [5.74, 6) is 0.410. The fourth-order valence-electron chi connectivity index (χ4n) is 3.31. The van der Waals surface area contributed by atoms with Crippen molar-refractivity contribution in [1.29, 1.82) is 0 Å². The van der Waals surface area contributed by atoms with Gasteiger partial charge in [0, 0.05) is 18.6 Å². The van der Waals surface area contributed by atoms with Gasteiger partial charge in [-0.25, -0.2) is 0 Å². The van der Waals surface area contributed by atoms with E-state index in [-0.39, 0.29) is 17.9 Å². The second-order valence-electron chi connectivity index (χ2n) is 6.61. The van der Waals surface area contributed by atoms with Crippen molar-refractivity contribution in [3.05, 3.63) is 0 Å². The molecule has 3 atom stereocenters. The van der Waals surface area contributed by atoms with Crippen molar-refractivity contribution in [3.63, 3.8) is 0 Å². The maximum Gasteiger partial charge on any atom is 0.308 e. The van der Waals surface area contributed by atoms with Crippen molar-refractivity contribution >= 4 is 5.97 Å². The Kier molecular flexibility index (Phi) is 7.63. The molecule has 0 saturated heterocycles. The van der Waals surface area contributed by atoms with Crippen LogP contribution in [-0.2, 0) is 9.53 Å². The Morgan fingerprint density at radius 2 is 2.24 bits per heavy atom. The average Bonchev–Trinajstić information content (AvgIpc) is 2.38. The summed E-state index contributed by atoms with van der Waals surface area (Å²) in [7, 11) is 4.27. The number of aliphatic hydroxyl groups excluding tert-OH is 1. The number of nitrogens with zero attached hydrogens (tertiary/aromatic N) is 1. The van der Waals surface area contributed by atoms with Crippen LogP contribution in [0.3, 0.4) is 0 Å². The molecule has 2 N–H and O–H groups in total. The highest BCUT2D eigenvalue weighted by molar-refractivity contribution is 5.69. The first-order chi connectivity index (χ1) is 9.89. The van der Waals surface area contributed by atoms with E-state index in [1.807, 2.05) is 0 Å². The minimum absolute atomic E-state index is 0.0617. The molecule has 1 aliphatic rings. The van der Waals surface area contributed by atoms with E-state index in [1.165, 1.54) is 25.7 Å². The number of aliphatic hydroxyl groups is 1. The molecular formula is C16H32N2O3. The first kappa shape index (κ1) is 18.4. The van der Waals surface area contributed by atoms with Gasteiger partial charge >= 0.3 is 5.97 Å². The second-order valence-corrected chi connectivity index (χ2v) is 6.61. The Balaban J connectivity index is 2.39. The second kappa shape index (κ2) is 8.71. The molecule has 0 bridgehead atoms. The number of nitrogens with one attached hydrogen (secondary N) is 1. The largest absolute Gasteiger partial charge is 0.466 e. The normalized spacial score (nSPS) is 27.6. The topological polar surface area (TPSA) is 61.8 Å². The van der Waals surface area contributed by atoms with Gasteiger partial charge in [0.1, 0.15) is 0 Å². The minimum atomic E-state index is -0.677. The van der Waals surface area contributed by atoms with Crippen molar-refractivity contribution in [2.45, 2.75) is 57.6 Å². The molecule has 124 valence electrons. The summed E-state index contributed by atoms with van der Waals surface area (Å²) in [5, 5.41) is 13.2. The zero-order valence-corrected chi connectivity index (χ0v) is 14.0. The fraction of sp³-hybridized carbons (Fsp3) is 0.938. The Morgan fingerprint density at radius 3 is 2.81 bits per heavy atom. The monoisotopic (exact) mass is 300 g/mol. The summed E-state index contributed by atoms with van der Waals surface area (Å²) in [5.41, 5.74) is 0.168. The van der Waals surface area contributed by atoms with Crippen LogP contribution in [0.15, 0.2) is 0 Å². The van der Waals surface area contributed by atoms with Crippen molar-refractivity contribution in [2.75, 3.05) is 33.8 Å². The van der Waals surface area contributed by atoms with Crippen LogP contribution in [-0.4, -0.2) is 61.4 Å². The van der Waals surface area contributed by atoms with Gasteiger partial charge in [-0.2, -0.15) is 0 Å². The van der Waals surface area contributed by atoms with Crippen LogP contribution >= 0.6 is 0 Å². The summed E-state index contributed by atoms with van der Waals surface area (Å²) in [6.45, 7) is 5.73. The predicted molar refractivity (Wildman–Crippen MR) is 84.2 cm³/mol. The molecule has 0 spiro atoms. The van der Waals surface area contributed by atoms with E-state index < -0.39 is 6.10 Å². The third kappa shape index (κ3) is 5.93. The fourth-order valence-corrected chi connectivity index (χ4v) is 3.31. The predicted octanol–water partition coefficient (Wildman–Crippen LogP) is 1.40. The van der Waals surface area contributed by atoms with E-state index in [2.05, 4.69) is 31.2 Å². The van der Waals surface area contributed by atoms with E-state index in [0.29, 0.717) is 13.2 Å². The molecule has 1 rings (SSSR count). The van der Waals surface area contributed by atoms with Gasteiger partial charge in [0.05, 0.1) is 19.1 Å². The van der Waals surface area contributed by atoms with Crippen molar-refractivity contribution in [3.8, 4) is 0 Å². The van der Waals surface area contributed by atoms with Crippen LogP contribution in [0.1, 0.15) is 46.0 Å². The number of carbonyl (C=O) groups is 1. The van der Waals surface area contributed by atoms with Gasteiger partial charge in [-0.15, -0.1) is 0 Å². The van der Waals surface area contributed by atoms with E-state index in [1.54, 1.807) is 6.92 Å². The van der Waals surface area contributed by atoms with E-state index in [4.69, 9.17) is 4.74 Å². The molecule has 21 heavy (non-hydrogen) atoms. The summed E-state index contributed by atoms with van der Waals surface area (Å²) < 4.78 is 4.85. The summed E-state index contributed by atoms with van der Waals surface area (Å²) in [6, 6.07) is 0. The third-order valence-corrected chi connectivity index (χ3v) is 4.56. The number of carbonyl (C=O) groups excluding carboxylic acids is 1. The Bertz CT molecular complexity index is 323. The smallest absolute Gasteiger partial charge is 0.308 e. The first-order valence-electron chi connectivity index (χ1n) is 8.11. The van der Waals surface area contributed by atoms with E-state index >= 15 is 0 Å². The maximum atomic E-state index is 11.3. The number of ether oxygens (including phenoxy) is 1. The molecule has 0 aliphatic heterocycles. The van der Waals surface area contributed by atoms with Crippen molar-refractivity contribution in [1.82, 2.24) is 10.2 Å². The molecule has 5 heteroatoms. The zero-order chi connectivity index (χ0) is 15.9. The molecule has 0 aromatic carbocycles. The van der Waals surface area contributed by atoms with Crippen LogP contribution in [0.25, 0.3) is 0 Å². The average molecular weight is 300 g/mol. The highest BCUT2D eigenvalue weighted by atomic mass is 16.5. The van der Waals surface area contributed by atoms with Crippen LogP contribution in [0, 0.1) is 5.92 Å². The molecule has 0 aromatic rings. The van der Waals surface area contributed by atoms with Gasteiger partial charge in [-0.1, -0.05) is 19.8 Å². The summed E-state index contributed by atoms with van der Waals surface area (Å²) >= 11 is 0. The first-order valence-corrected chi connectivity index (χ1v) is 8.11. The molecule has 0 amide bonds. The molecule has 0 radical (unpaired) electrons. The minimum Gasteiger partial charge on any atom is -0.466 e. The maximum absolute atomic E-state index is 11.3. The Hall–Kier alpha value is -0.650. The van der Waals surface area contributed by atoms with Gasteiger partial charge in [0.15, 0.2) is 0 Å². The highest BCUT2D eigenvalue weighted by Gasteiger charge is 2.36. The van der Waals surface area contributed by atoms with Crippen LogP contribution in [0.5, 0.6) is 0 Å². The number of likely N-dealkylation sites (N-methyl/N-ethyl adjacent to an activating group) is 1. The summed E-state index contributed by atoms with van der Waals surface area (Å²) in [6.07, 6.45) is 4.32. The molecule has 5 nitrogen and oxygen atoms in total. The third-order valence-electron chi connectivity index (χ3n) is 4.56. The molecule has 1 fully saturated rings. The summed E-state index contributed by atoms with van der Waals surface area (Å²) in [4.78, 5) is 13.6. The molecule has 1 saturated carbocycles. The highest BCUT2D eigenvalue weighted by Crippen LogP contribution is 2.35. The number of hydrogen-bond donors (Lipinski definition) is 2.